The largest absolute Gasteiger partial charge is 0.482 e. The summed E-state index contributed by atoms with van der Waals surface area (Å²) in [7, 11) is -2.06. The Labute approximate surface area is 183 Å². The Bertz CT molecular complexity index is 943. The normalized spacial score (nSPS) is 19.0. The van der Waals surface area contributed by atoms with E-state index in [1.807, 2.05) is 54.6 Å². The molecule has 0 radical (unpaired) electrons. The van der Waals surface area contributed by atoms with Crippen LogP contribution in [0.2, 0.25) is 18.1 Å². The highest BCUT2D eigenvalue weighted by Gasteiger charge is 2.42. The number of para-hydroxylation sites is 1. The molecule has 0 N–H and O–H groups in total. The number of hydrogen-bond donors (Lipinski definition) is 0. The van der Waals surface area contributed by atoms with Crippen LogP contribution in [0.5, 0.6) is 5.75 Å². The SMILES string of the molecule is CC(=O)c1ccc2c(c1)C=C[C@@H](Oc1ccccc1Br)[C@@H]2O[Si](C)(C)C(C)(C)C. The Hall–Kier alpha value is -1.69. The third-order valence-corrected chi connectivity index (χ3v) is 11.0. The molecule has 0 fully saturated rings. The molecule has 154 valence electrons. The summed E-state index contributed by atoms with van der Waals surface area (Å²) in [5, 5.41) is 0.0749. The average molecular weight is 473 g/mol. The Morgan fingerprint density at radius 1 is 1.10 bits per heavy atom. The molecule has 2 aromatic rings. The number of halogens is 1. The number of rotatable bonds is 5. The molecule has 1 aliphatic rings. The molecule has 0 heterocycles. The van der Waals surface area contributed by atoms with Crippen molar-refractivity contribution in [2.75, 3.05) is 0 Å². The summed E-state index contributed by atoms with van der Waals surface area (Å²) in [4.78, 5) is 11.8. The third kappa shape index (κ3) is 4.73. The minimum atomic E-state index is -2.06. The first-order chi connectivity index (χ1) is 13.5. The van der Waals surface area contributed by atoms with Crippen LogP contribution in [0.3, 0.4) is 0 Å². The first-order valence-electron chi connectivity index (χ1n) is 9.92. The number of benzene rings is 2. The van der Waals surface area contributed by atoms with Crippen LogP contribution < -0.4 is 4.74 Å². The summed E-state index contributed by atoms with van der Waals surface area (Å²) in [5.74, 6) is 0.851. The second kappa shape index (κ2) is 8.21. The summed E-state index contributed by atoms with van der Waals surface area (Å²) >= 11 is 3.57. The van der Waals surface area contributed by atoms with Crippen LogP contribution in [0.1, 0.15) is 55.3 Å². The van der Waals surface area contributed by atoms with Gasteiger partial charge in [-0.05, 0) is 76.4 Å². The van der Waals surface area contributed by atoms with Crippen LogP contribution in [-0.2, 0) is 4.43 Å². The van der Waals surface area contributed by atoms with Gasteiger partial charge in [-0.15, -0.1) is 0 Å². The predicted molar refractivity (Wildman–Crippen MR) is 125 cm³/mol. The van der Waals surface area contributed by atoms with Crippen LogP contribution >= 0.6 is 15.9 Å². The second-order valence-electron chi connectivity index (χ2n) is 9.07. The van der Waals surface area contributed by atoms with Gasteiger partial charge in [0.05, 0.1) is 4.47 Å². The van der Waals surface area contributed by atoms with E-state index >= 15 is 0 Å². The lowest BCUT2D eigenvalue weighted by atomic mass is 9.91. The van der Waals surface area contributed by atoms with Gasteiger partial charge >= 0.3 is 0 Å². The summed E-state index contributed by atoms with van der Waals surface area (Å²) in [5.41, 5.74) is 2.80. The number of ether oxygens (including phenoxy) is 1. The molecule has 0 bridgehead atoms. The molecule has 0 aromatic heterocycles. The van der Waals surface area contributed by atoms with Crippen LogP contribution in [-0.4, -0.2) is 20.2 Å². The van der Waals surface area contributed by atoms with Crippen molar-refractivity contribution in [3.63, 3.8) is 0 Å². The lowest BCUT2D eigenvalue weighted by Crippen LogP contribution is -2.45. The number of carbonyl (C=O) groups is 1. The lowest BCUT2D eigenvalue weighted by molar-refractivity contribution is 0.0699. The molecule has 1 aliphatic carbocycles. The maximum atomic E-state index is 11.8. The van der Waals surface area contributed by atoms with Crippen LogP contribution in [0, 0.1) is 0 Å². The molecular formula is C24H29BrO3Si. The molecule has 0 aliphatic heterocycles. The molecule has 0 unspecified atom stereocenters. The summed E-state index contributed by atoms with van der Waals surface area (Å²) in [6, 6.07) is 13.7. The number of Topliss-reactive ketones (excluding diaryl/α,β-unsaturated/α-hetero) is 1. The van der Waals surface area contributed by atoms with Crippen LogP contribution in [0.15, 0.2) is 53.0 Å². The van der Waals surface area contributed by atoms with E-state index in [0.717, 1.165) is 21.3 Å². The van der Waals surface area contributed by atoms with Gasteiger partial charge in [0.1, 0.15) is 18.0 Å². The summed E-state index contributed by atoms with van der Waals surface area (Å²) in [6.07, 6.45) is 3.60. The van der Waals surface area contributed by atoms with Gasteiger partial charge in [0.2, 0.25) is 0 Å². The van der Waals surface area contributed by atoms with Crippen molar-refractivity contribution in [2.24, 2.45) is 0 Å². The van der Waals surface area contributed by atoms with Crippen molar-refractivity contribution >= 4 is 36.1 Å². The van der Waals surface area contributed by atoms with Crippen molar-refractivity contribution in [1.29, 1.82) is 0 Å². The van der Waals surface area contributed by atoms with Crippen molar-refractivity contribution in [1.82, 2.24) is 0 Å². The van der Waals surface area contributed by atoms with Gasteiger partial charge in [0.15, 0.2) is 14.1 Å². The maximum absolute atomic E-state index is 11.8. The molecule has 5 heteroatoms. The monoisotopic (exact) mass is 472 g/mol. The molecule has 0 amide bonds. The first-order valence-corrected chi connectivity index (χ1v) is 13.6. The van der Waals surface area contributed by atoms with E-state index in [1.54, 1.807) is 6.92 Å². The van der Waals surface area contributed by atoms with Crippen molar-refractivity contribution in [3.05, 3.63) is 69.7 Å². The molecule has 2 aromatic carbocycles. The van der Waals surface area contributed by atoms with Gasteiger partial charge in [-0.1, -0.05) is 51.1 Å². The van der Waals surface area contributed by atoms with Gasteiger partial charge in [-0.2, -0.15) is 0 Å². The maximum Gasteiger partial charge on any atom is 0.193 e. The predicted octanol–water partition coefficient (Wildman–Crippen LogP) is 7.19. The van der Waals surface area contributed by atoms with Crippen molar-refractivity contribution < 1.29 is 14.0 Å². The topological polar surface area (TPSA) is 35.5 Å². The molecule has 29 heavy (non-hydrogen) atoms. The Morgan fingerprint density at radius 3 is 2.41 bits per heavy atom. The number of fused-ring (bicyclic) bond motifs is 1. The van der Waals surface area contributed by atoms with E-state index in [2.05, 4.69) is 49.8 Å². The van der Waals surface area contributed by atoms with E-state index in [4.69, 9.17) is 9.16 Å². The third-order valence-electron chi connectivity index (χ3n) is 5.89. The molecular weight excluding hydrogens is 444 g/mol. The van der Waals surface area contributed by atoms with E-state index in [-0.39, 0.29) is 23.0 Å². The second-order valence-corrected chi connectivity index (χ2v) is 14.7. The van der Waals surface area contributed by atoms with E-state index in [0.29, 0.717) is 5.56 Å². The first kappa shape index (κ1) is 22.0. The Kier molecular flexibility index (Phi) is 6.23. The van der Waals surface area contributed by atoms with E-state index < -0.39 is 8.32 Å². The van der Waals surface area contributed by atoms with Gasteiger partial charge in [-0.3, -0.25) is 4.79 Å². The smallest absolute Gasteiger partial charge is 0.193 e. The minimum absolute atomic E-state index is 0.0645. The molecule has 0 spiro atoms. The Balaban J connectivity index is 2.02. The number of carbonyl (C=O) groups excluding carboxylic acids is 1. The molecule has 0 saturated heterocycles. The molecule has 2 atom stereocenters. The standard InChI is InChI=1S/C24H29BrO3Si/c1-16(26)17-11-13-19-18(15-17)12-14-22(27-21-10-8-7-9-20(21)25)23(19)28-29(5,6)24(2,3)4/h7-15,22-23H,1-6H3/t22-,23-/m1/s1. The number of ketones is 1. The fourth-order valence-electron chi connectivity index (χ4n) is 3.09. The Morgan fingerprint density at radius 2 is 1.79 bits per heavy atom. The molecule has 3 rings (SSSR count). The highest BCUT2D eigenvalue weighted by molar-refractivity contribution is 9.10. The van der Waals surface area contributed by atoms with Gasteiger partial charge in [0.25, 0.3) is 0 Å². The van der Waals surface area contributed by atoms with Crippen LogP contribution in [0.4, 0.5) is 0 Å². The zero-order valence-electron chi connectivity index (χ0n) is 18.0. The van der Waals surface area contributed by atoms with Crippen molar-refractivity contribution in [3.8, 4) is 5.75 Å². The zero-order chi connectivity index (χ0) is 21.4. The minimum Gasteiger partial charge on any atom is -0.482 e. The molecule has 0 saturated carbocycles. The van der Waals surface area contributed by atoms with Gasteiger partial charge < -0.3 is 9.16 Å². The van der Waals surface area contributed by atoms with Gasteiger partial charge in [0, 0.05) is 5.56 Å². The van der Waals surface area contributed by atoms with E-state index in [1.165, 1.54) is 0 Å². The summed E-state index contributed by atoms with van der Waals surface area (Å²) < 4.78 is 14.2. The zero-order valence-corrected chi connectivity index (χ0v) is 20.5. The fourth-order valence-corrected chi connectivity index (χ4v) is 4.71. The quantitative estimate of drug-likeness (QED) is 0.341. The van der Waals surface area contributed by atoms with Crippen molar-refractivity contribution in [2.45, 2.75) is 58.0 Å². The fraction of sp³-hybridized carbons (Fsp3) is 0.375. The van der Waals surface area contributed by atoms with Gasteiger partial charge in [-0.25, -0.2) is 0 Å². The van der Waals surface area contributed by atoms with Crippen LogP contribution in [0.25, 0.3) is 6.08 Å². The van der Waals surface area contributed by atoms with E-state index in [9.17, 15) is 4.79 Å². The molecule has 3 nitrogen and oxygen atoms in total. The summed E-state index contributed by atoms with van der Waals surface area (Å²) in [6.45, 7) is 12.8. The highest BCUT2D eigenvalue weighted by atomic mass is 79.9. The average Bonchev–Trinajstić information content (AvgIpc) is 2.63. The number of hydrogen-bond acceptors (Lipinski definition) is 3. The highest BCUT2D eigenvalue weighted by Crippen LogP contribution is 2.43. The lowest BCUT2D eigenvalue weighted by Gasteiger charge is -2.42.